The molecule has 0 spiro atoms. The minimum absolute atomic E-state index is 0.893. The molecule has 0 saturated heterocycles. The monoisotopic (exact) mass is 285 g/mol. The summed E-state index contributed by atoms with van der Waals surface area (Å²) in [5.74, 6) is 0.893. The Bertz CT molecular complexity index is 939. The summed E-state index contributed by atoms with van der Waals surface area (Å²) in [6.07, 6.45) is 3.72. The van der Waals surface area contributed by atoms with Gasteiger partial charge in [-0.15, -0.1) is 0 Å². The van der Waals surface area contributed by atoms with Crippen LogP contribution >= 0.6 is 0 Å². The standard InChI is InChI=1S/C19H15N3/c1-13-10-11-20-12-16(13)15-8-5-9-17-18(15)22-19(21-17)14-6-3-2-4-7-14/h2-12H,1H3,(H,21,22). The first-order valence-corrected chi connectivity index (χ1v) is 7.28. The minimum Gasteiger partial charge on any atom is -0.338 e. The molecule has 0 atom stereocenters. The van der Waals surface area contributed by atoms with E-state index >= 15 is 0 Å². The first-order chi connectivity index (χ1) is 10.8. The van der Waals surface area contributed by atoms with Gasteiger partial charge in [0, 0.05) is 29.1 Å². The van der Waals surface area contributed by atoms with Crippen LogP contribution in [0, 0.1) is 6.92 Å². The molecule has 2 aromatic carbocycles. The molecular formula is C19H15N3. The smallest absolute Gasteiger partial charge is 0.138 e. The Morgan fingerprint density at radius 3 is 2.55 bits per heavy atom. The van der Waals surface area contributed by atoms with Crippen molar-refractivity contribution in [3.63, 3.8) is 0 Å². The van der Waals surface area contributed by atoms with Crippen molar-refractivity contribution >= 4 is 11.0 Å². The van der Waals surface area contributed by atoms with Crippen LogP contribution < -0.4 is 0 Å². The number of hydrogen-bond acceptors (Lipinski definition) is 2. The molecule has 3 heteroatoms. The Labute approximate surface area is 128 Å². The van der Waals surface area contributed by atoms with E-state index in [2.05, 4.69) is 47.2 Å². The molecule has 2 aromatic heterocycles. The molecule has 0 saturated carbocycles. The number of pyridine rings is 1. The third-order valence-electron chi connectivity index (χ3n) is 3.89. The van der Waals surface area contributed by atoms with Crippen LogP contribution in [0.5, 0.6) is 0 Å². The summed E-state index contributed by atoms with van der Waals surface area (Å²) in [4.78, 5) is 12.5. The molecular weight excluding hydrogens is 270 g/mol. The van der Waals surface area contributed by atoms with Gasteiger partial charge in [0.05, 0.1) is 11.0 Å². The van der Waals surface area contributed by atoms with E-state index in [9.17, 15) is 0 Å². The van der Waals surface area contributed by atoms with E-state index in [0.29, 0.717) is 0 Å². The number of fused-ring (bicyclic) bond motifs is 1. The topological polar surface area (TPSA) is 41.6 Å². The second kappa shape index (κ2) is 5.11. The average Bonchev–Trinajstić information content (AvgIpc) is 3.00. The van der Waals surface area contributed by atoms with Crippen LogP contribution in [0.3, 0.4) is 0 Å². The van der Waals surface area contributed by atoms with Crippen LogP contribution in [-0.2, 0) is 0 Å². The lowest BCUT2D eigenvalue weighted by Crippen LogP contribution is -1.86. The zero-order valence-corrected chi connectivity index (χ0v) is 12.2. The van der Waals surface area contributed by atoms with Crippen LogP contribution in [-0.4, -0.2) is 15.0 Å². The highest BCUT2D eigenvalue weighted by atomic mass is 14.9. The molecule has 0 bridgehead atoms. The summed E-state index contributed by atoms with van der Waals surface area (Å²) >= 11 is 0. The summed E-state index contributed by atoms with van der Waals surface area (Å²) in [5, 5.41) is 0. The van der Waals surface area contributed by atoms with Crippen molar-refractivity contribution in [2.24, 2.45) is 0 Å². The lowest BCUT2D eigenvalue weighted by atomic mass is 10.0. The van der Waals surface area contributed by atoms with Gasteiger partial charge in [-0.2, -0.15) is 0 Å². The van der Waals surface area contributed by atoms with Gasteiger partial charge >= 0.3 is 0 Å². The summed E-state index contributed by atoms with van der Waals surface area (Å²) in [6, 6.07) is 18.4. The third-order valence-corrected chi connectivity index (χ3v) is 3.89. The quantitative estimate of drug-likeness (QED) is 0.584. The van der Waals surface area contributed by atoms with Crippen LogP contribution in [0.4, 0.5) is 0 Å². The number of nitrogens with one attached hydrogen (secondary N) is 1. The van der Waals surface area contributed by atoms with Crippen LogP contribution in [0.2, 0.25) is 0 Å². The molecule has 0 unspecified atom stereocenters. The lowest BCUT2D eigenvalue weighted by Gasteiger charge is -2.05. The molecule has 0 radical (unpaired) electrons. The fraction of sp³-hybridized carbons (Fsp3) is 0.0526. The fourth-order valence-corrected chi connectivity index (χ4v) is 2.73. The van der Waals surface area contributed by atoms with Gasteiger partial charge < -0.3 is 4.98 Å². The maximum Gasteiger partial charge on any atom is 0.138 e. The van der Waals surface area contributed by atoms with E-state index in [0.717, 1.165) is 33.5 Å². The Kier molecular flexibility index (Phi) is 2.97. The third kappa shape index (κ3) is 2.07. The van der Waals surface area contributed by atoms with E-state index in [-0.39, 0.29) is 0 Å². The summed E-state index contributed by atoms with van der Waals surface area (Å²) in [7, 11) is 0. The van der Waals surface area contributed by atoms with Gasteiger partial charge in [-0.25, -0.2) is 4.98 Å². The van der Waals surface area contributed by atoms with Crippen LogP contribution in [0.15, 0.2) is 67.0 Å². The normalized spacial score (nSPS) is 11.0. The average molecular weight is 285 g/mol. The number of benzene rings is 2. The van der Waals surface area contributed by atoms with E-state index in [1.807, 2.05) is 36.7 Å². The van der Waals surface area contributed by atoms with E-state index in [1.54, 1.807) is 0 Å². The summed E-state index contributed by atoms with van der Waals surface area (Å²) in [5.41, 5.74) is 6.55. The van der Waals surface area contributed by atoms with Crippen molar-refractivity contribution in [3.05, 3.63) is 72.6 Å². The zero-order valence-electron chi connectivity index (χ0n) is 12.2. The van der Waals surface area contributed by atoms with E-state index < -0.39 is 0 Å². The van der Waals surface area contributed by atoms with Crippen molar-refractivity contribution < 1.29 is 0 Å². The number of H-pyrrole nitrogens is 1. The number of nitrogens with zero attached hydrogens (tertiary/aromatic N) is 2. The predicted octanol–water partition coefficient (Wildman–Crippen LogP) is 4.60. The predicted molar refractivity (Wildman–Crippen MR) is 89.5 cm³/mol. The number of hydrogen-bond donors (Lipinski definition) is 1. The molecule has 3 nitrogen and oxygen atoms in total. The molecule has 4 rings (SSSR count). The molecule has 106 valence electrons. The van der Waals surface area contributed by atoms with Crippen molar-refractivity contribution in [3.8, 4) is 22.5 Å². The number of aromatic nitrogens is 3. The van der Waals surface area contributed by atoms with Gasteiger partial charge in [-0.1, -0.05) is 42.5 Å². The molecule has 2 heterocycles. The van der Waals surface area contributed by atoms with Gasteiger partial charge in [0.25, 0.3) is 0 Å². The number of rotatable bonds is 2. The largest absolute Gasteiger partial charge is 0.338 e. The summed E-state index contributed by atoms with van der Waals surface area (Å²) < 4.78 is 0. The first kappa shape index (κ1) is 12.8. The fourth-order valence-electron chi connectivity index (χ4n) is 2.73. The number of imidazole rings is 1. The van der Waals surface area contributed by atoms with Crippen molar-refractivity contribution in [1.82, 2.24) is 15.0 Å². The maximum atomic E-state index is 4.82. The number of aryl methyl sites for hydroxylation is 1. The Balaban J connectivity index is 1.95. The summed E-state index contributed by atoms with van der Waals surface area (Å²) in [6.45, 7) is 2.10. The second-order valence-corrected chi connectivity index (χ2v) is 5.34. The maximum absolute atomic E-state index is 4.82. The molecule has 4 aromatic rings. The molecule has 0 aliphatic heterocycles. The number of aromatic amines is 1. The van der Waals surface area contributed by atoms with E-state index in [4.69, 9.17) is 4.98 Å². The van der Waals surface area contributed by atoms with Gasteiger partial charge in [0.15, 0.2) is 0 Å². The van der Waals surface area contributed by atoms with Gasteiger partial charge in [-0.3, -0.25) is 4.98 Å². The molecule has 1 N–H and O–H groups in total. The van der Waals surface area contributed by atoms with E-state index in [1.165, 1.54) is 5.56 Å². The Morgan fingerprint density at radius 2 is 1.73 bits per heavy atom. The van der Waals surface area contributed by atoms with Crippen LogP contribution in [0.25, 0.3) is 33.5 Å². The zero-order chi connectivity index (χ0) is 14.9. The molecule has 0 fully saturated rings. The Morgan fingerprint density at radius 1 is 0.864 bits per heavy atom. The minimum atomic E-state index is 0.893. The van der Waals surface area contributed by atoms with Gasteiger partial charge in [-0.05, 0) is 24.6 Å². The molecule has 0 aliphatic rings. The molecule has 0 amide bonds. The van der Waals surface area contributed by atoms with Crippen molar-refractivity contribution in [1.29, 1.82) is 0 Å². The van der Waals surface area contributed by atoms with Crippen molar-refractivity contribution in [2.45, 2.75) is 6.92 Å². The highest BCUT2D eigenvalue weighted by molar-refractivity contribution is 5.94. The highest BCUT2D eigenvalue weighted by Gasteiger charge is 2.11. The molecule has 22 heavy (non-hydrogen) atoms. The van der Waals surface area contributed by atoms with Gasteiger partial charge in [0.1, 0.15) is 5.82 Å². The number of para-hydroxylation sites is 1. The lowest BCUT2D eigenvalue weighted by molar-refractivity contribution is 1.29. The van der Waals surface area contributed by atoms with Crippen molar-refractivity contribution in [2.75, 3.05) is 0 Å². The SMILES string of the molecule is Cc1ccncc1-c1cccc2[nH]c(-c3ccccc3)nc12. The molecule has 0 aliphatic carbocycles. The van der Waals surface area contributed by atoms with Crippen LogP contribution in [0.1, 0.15) is 5.56 Å². The first-order valence-electron chi connectivity index (χ1n) is 7.28. The highest BCUT2D eigenvalue weighted by Crippen LogP contribution is 2.30. The second-order valence-electron chi connectivity index (χ2n) is 5.34. The Hall–Kier alpha value is -2.94. The van der Waals surface area contributed by atoms with Gasteiger partial charge in [0.2, 0.25) is 0 Å².